The molecule has 2 aromatic rings. The molecule has 4 nitrogen and oxygen atoms in total. The average Bonchev–Trinajstić information content (AvgIpc) is 2.58. The Morgan fingerprint density at radius 2 is 2.00 bits per heavy atom. The van der Waals surface area contributed by atoms with E-state index in [9.17, 15) is 4.79 Å². The molecule has 2 heterocycles. The quantitative estimate of drug-likeness (QED) is 0.946. The lowest BCUT2D eigenvalue weighted by atomic mass is 9.97. The predicted octanol–water partition coefficient (Wildman–Crippen LogP) is 3.35. The minimum absolute atomic E-state index is 0.00609. The molecule has 0 unspecified atom stereocenters. The minimum atomic E-state index is 0.00609. The van der Waals surface area contributed by atoms with E-state index in [0.717, 1.165) is 35.1 Å². The summed E-state index contributed by atoms with van der Waals surface area (Å²) >= 11 is 0. The molecular weight excluding hydrogens is 288 g/mol. The van der Waals surface area contributed by atoms with Crippen molar-refractivity contribution >= 4 is 5.91 Å². The summed E-state index contributed by atoms with van der Waals surface area (Å²) in [6.07, 6.45) is 5.21. The molecule has 1 amide bonds. The molecule has 0 spiro atoms. The van der Waals surface area contributed by atoms with Gasteiger partial charge in [-0.25, -0.2) is 0 Å². The van der Waals surface area contributed by atoms with Crippen molar-refractivity contribution in [2.45, 2.75) is 38.8 Å². The molecule has 0 bridgehead atoms. The molecule has 1 fully saturated rings. The Morgan fingerprint density at radius 3 is 2.78 bits per heavy atom. The molecule has 120 valence electrons. The van der Waals surface area contributed by atoms with Gasteiger partial charge in [0.2, 0.25) is 0 Å². The third kappa shape index (κ3) is 3.59. The Kier molecular flexibility index (Phi) is 4.72. The van der Waals surface area contributed by atoms with E-state index in [2.05, 4.69) is 10.3 Å². The highest BCUT2D eigenvalue weighted by atomic mass is 16.5. The number of rotatable bonds is 3. The summed E-state index contributed by atoms with van der Waals surface area (Å²) in [7, 11) is 0. The van der Waals surface area contributed by atoms with Crippen molar-refractivity contribution in [3.63, 3.8) is 0 Å². The Balaban J connectivity index is 1.68. The van der Waals surface area contributed by atoms with Crippen LogP contribution in [0.25, 0.3) is 0 Å². The zero-order valence-corrected chi connectivity index (χ0v) is 13.6. The van der Waals surface area contributed by atoms with E-state index in [4.69, 9.17) is 4.74 Å². The molecule has 1 N–H and O–H groups in total. The normalized spacial score (nSPS) is 21.0. The van der Waals surface area contributed by atoms with Crippen LogP contribution in [0.1, 0.15) is 46.0 Å². The number of nitrogens with one attached hydrogen (secondary N) is 1. The first kappa shape index (κ1) is 15.7. The Morgan fingerprint density at radius 1 is 1.22 bits per heavy atom. The van der Waals surface area contributed by atoms with Gasteiger partial charge in [0.1, 0.15) is 0 Å². The van der Waals surface area contributed by atoms with Crippen LogP contribution in [0, 0.1) is 13.8 Å². The van der Waals surface area contributed by atoms with Crippen molar-refractivity contribution in [1.82, 2.24) is 10.3 Å². The molecule has 3 rings (SSSR count). The Hall–Kier alpha value is -2.20. The number of carbonyl (C=O) groups is 1. The zero-order chi connectivity index (χ0) is 16.2. The smallest absolute Gasteiger partial charge is 0.251 e. The monoisotopic (exact) mass is 310 g/mol. The summed E-state index contributed by atoms with van der Waals surface area (Å²) in [6.45, 7) is 4.68. The van der Waals surface area contributed by atoms with Crippen LogP contribution < -0.4 is 5.32 Å². The second kappa shape index (κ2) is 6.92. The fraction of sp³-hybridized carbons (Fsp3) is 0.368. The molecule has 0 aliphatic carbocycles. The largest absolute Gasteiger partial charge is 0.373 e. The number of hydrogen-bond acceptors (Lipinski definition) is 3. The number of aryl methyl sites for hydroxylation is 1. The summed E-state index contributed by atoms with van der Waals surface area (Å²) < 4.78 is 5.85. The van der Waals surface area contributed by atoms with Crippen molar-refractivity contribution in [3.05, 3.63) is 65.0 Å². The first-order chi connectivity index (χ1) is 11.1. The molecule has 1 aliphatic rings. The van der Waals surface area contributed by atoms with E-state index < -0.39 is 0 Å². The van der Waals surface area contributed by atoms with Crippen LogP contribution in [0.5, 0.6) is 0 Å². The maximum absolute atomic E-state index is 12.6. The van der Waals surface area contributed by atoms with Crippen LogP contribution in [0.3, 0.4) is 0 Å². The van der Waals surface area contributed by atoms with E-state index in [-0.39, 0.29) is 18.1 Å². The summed E-state index contributed by atoms with van der Waals surface area (Å²) in [5.74, 6) is 0.00609. The number of ether oxygens (including phenoxy) is 1. The third-order valence-corrected chi connectivity index (χ3v) is 4.55. The molecule has 1 aromatic carbocycles. The fourth-order valence-corrected chi connectivity index (χ4v) is 3.00. The maximum Gasteiger partial charge on any atom is 0.251 e. The van der Waals surface area contributed by atoms with Crippen molar-refractivity contribution in [2.75, 3.05) is 6.61 Å². The highest BCUT2D eigenvalue weighted by Gasteiger charge is 2.25. The minimum Gasteiger partial charge on any atom is -0.373 e. The van der Waals surface area contributed by atoms with Gasteiger partial charge in [-0.2, -0.15) is 0 Å². The second-order valence-electron chi connectivity index (χ2n) is 6.08. The molecule has 1 aromatic heterocycles. The predicted molar refractivity (Wildman–Crippen MR) is 89.3 cm³/mol. The first-order valence-corrected chi connectivity index (χ1v) is 8.04. The number of aromatic nitrogens is 1. The van der Waals surface area contributed by atoms with Crippen molar-refractivity contribution in [1.29, 1.82) is 0 Å². The Bertz CT molecular complexity index is 685. The van der Waals surface area contributed by atoms with Crippen LogP contribution in [-0.4, -0.2) is 23.5 Å². The fourth-order valence-electron chi connectivity index (χ4n) is 3.00. The lowest BCUT2D eigenvalue weighted by Crippen LogP contribution is -2.40. The van der Waals surface area contributed by atoms with E-state index >= 15 is 0 Å². The van der Waals surface area contributed by atoms with Gasteiger partial charge in [-0.05, 0) is 61.6 Å². The van der Waals surface area contributed by atoms with Crippen LogP contribution in [0.4, 0.5) is 0 Å². The lowest BCUT2D eigenvalue weighted by molar-refractivity contribution is 0.000856. The number of benzene rings is 1. The highest BCUT2D eigenvalue weighted by molar-refractivity contribution is 5.96. The maximum atomic E-state index is 12.6. The van der Waals surface area contributed by atoms with Gasteiger partial charge in [-0.3, -0.25) is 9.78 Å². The third-order valence-electron chi connectivity index (χ3n) is 4.55. The molecule has 4 heteroatoms. The van der Waals surface area contributed by atoms with E-state index in [1.54, 1.807) is 12.4 Å². The number of nitrogens with zero attached hydrogens (tertiary/aromatic N) is 1. The molecule has 2 atom stereocenters. The SMILES string of the molecule is Cc1cccc(C(=O)N[C@H]2CCO[C@@H](c3ccncc3)C2)c1C. The average molecular weight is 310 g/mol. The summed E-state index contributed by atoms with van der Waals surface area (Å²) in [5, 5.41) is 3.17. The van der Waals surface area contributed by atoms with Crippen LogP contribution >= 0.6 is 0 Å². The van der Waals surface area contributed by atoms with Gasteiger partial charge in [-0.1, -0.05) is 12.1 Å². The standard InChI is InChI=1S/C19H22N2O2/c1-13-4-3-5-17(14(13)2)19(22)21-16-8-11-23-18(12-16)15-6-9-20-10-7-15/h3-7,9-10,16,18H,8,11-12H2,1-2H3,(H,21,22)/t16-,18+/m0/s1. The van der Waals surface area contributed by atoms with E-state index in [0.29, 0.717) is 6.61 Å². The number of carbonyl (C=O) groups excluding carboxylic acids is 1. The molecule has 1 saturated heterocycles. The van der Waals surface area contributed by atoms with Gasteiger partial charge in [0.15, 0.2) is 0 Å². The van der Waals surface area contributed by atoms with Crippen molar-refractivity contribution in [3.8, 4) is 0 Å². The van der Waals surface area contributed by atoms with Crippen LogP contribution in [-0.2, 0) is 4.74 Å². The number of amides is 1. The molecule has 1 aliphatic heterocycles. The molecular formula is C19H22N2O2. The van der Waals surface area contributed by atoms with Gasteiger partial charge >= 0.3 is 0 Å². The van der Waals surface area contributed by atoms with E-state index in [1.165, 1.54) is 0 Å². The van der Waals surface area contributed by atoms with Crippen molar-refractivity contribution < 1.29 is 9.53 Å². The van der Waals surface area contributed by atoms with Gasteiger partial charge in [-0.15, -0.1) is 0 Å². The second-order valence-corrected chi connectivity index (χ2v) is 6.08. The number of hydrogen-bond donors (Lipinski definition) is 1. The summed E-state index contributed by atoms with van der Waals surface area (Å²) in [6, 6.07) is 9.92. The van der Waals surface area contributed by atoms with Gasteiger partial charge in [0.25, 0.3) is 5.91 Å². The summed E-state index contributed by atoms with van der Waals surface area (Å²) in [4.78, 5) is 16.6. The lowest BCUT2D eigenvalue weighted by Gasteiger charge is -2.30. The number of pyridine rings is 1. The molecule has 0 saturated carbocycles. The highest BCUT2D eigenvalue weighted by Crippen LogP contribution is 2.28. The summed E-state index contributed by atoms with van der Waals surface area (Å²) in [5.41, 5.74) is 4.06. The van der Waals surface area contributed by atoms with Crippen LogP contribution in [0.15, 0.2) is 42.7 Å². The van der Waals surface area contributed by atoms with Gasteiger partial charge in [0, 0.05) is 30.6 Å². The first-order valence-electron chi connectivity index (χ1n) is 8.04. The zero-order valence-electron chi connectivity index (χ0n) is 13.6. The topological polar surface area (TPSA) is 51.2 Å². The Labute approximate surface area is 136 Å². The molecule has 23 heavy (non-hydrogen) atoms. The molecule has 0 radical (unpaired) electrons. The van der Waals surface area contributed by atoms with Gasteiger partial charge < -0.3 is 10.1 Å². The van der Waals surface area contributed by atoms with Crippen molar-refractivity contribution in [2.24, 2.45) is 0 Å². The van der Waals surface area contributed by atoms with Gasteiger partial charge in [0.05, 0.1) is 6.10 Å². The van der Waals surface area contributed by atoms with E-state index in [1.807, 2.05) is 44.2 Å². The van der Waals surface area contributed by atoms with Crippen LogP contribution in [0.2, 0.25) is 0 Å².